The lowest BCUT2D eigenvalue weighted by atomic mass is 9.93. The number of amides is 2. The maximum atomic E-state index is 13.2. The van der Waals surface area contributed by atoms with Crippen molar-refractivity contribution in [3.8, 4) is 22.4 Å². The van der Waals surface area contributed by atoms with Crippen LogP contribution in [-0.4, -0.2) is 44.3 Å². The minimum atomic E-state index is -0.220. The van der Waals surface area contributed by atoms with Crippen molar-refractivity contribution in [2.45, 2.75) is 32.6 Å². The Bertz CT molecular complexity index is 1600. The Morgan fingerprint density at radius 2 is 1.59 bits per heavy atom. The summed E-state index contributed by atoms with van der Waals surface area (Å²) >= 11 is 0. The number of nitrogens with one attached hydrogen (secondary N) is 1. The molecule has 1 saturated carbocycles. The zero-order valence-corrected chi connectivity index (χ0v) is 22.3. The highest BCUT2D eigenvalue weighted by Crippen LogP contribution is 2.53. The summed E-state index contributed by atoms with van der Waals surface area (Å²) in [5, 5.41) is 3.61. The Hall–Kier alpha value is -4.46. The molecule has 1 saturated heterocycles. The highest BCUT2D eigenvalue weighted by Gasteiger charge is 2.45. The number of rotatable bonds is 5. The van der Waals surface area contributed by atoms with Crippen LogP contribution in [0.15, 0.2) is 67.0 Å². The third kappa shape index (κ3) is 4.46. The van der Waals surface area contributed by atoms with Gasteiger partial charge in [-0.15, -0.1) is 0 Å². The Morgan fingerprint density at radius 3 is 2.21 bits per heavy atom. The van der Waals surface area contributed by atoms with Crippen molar-refractivity contribution in [2.24, 2.45) is 12.5 Å². The quantitative estimate of drug-likeness (QED) is 0.342. The molecular formula is C31H32N6O2. The van der Waals surface area contributed by atoms with Gasteiger partial charge in [0.15, 0.2) is 0 Å². The normalized spacial score (nSPS) is 15.9. The third-order valence-electron chi connectivity index (χ3n) is 8.29. The molecule has 2 amide bonds. The number of nitrogen functional groups attached to an aromatic ring is 1. The van der Waals surface area contributed by atoms with Crippen molar-refractivity contribution < 1.29 is 9.59 Å². The first-order valence-electron chi connectivity index (χ1n) is 13.3. The molecule has 0 bridgehead atoms. The van der Waals surface area contributed by atoms with Gasteiger partial charge in [0.05, 0.1) is 11.1 Å². The molecule has 39 heavy (non-hydrogen) atoms. The minimum Gasteiger partial charge on any atom is -0.383 e. The standard InChI is InChI=1S/C31H32N6O2/c1-19(2)29(38)35-23-10-8-21(9-11-23)26-24(25-27(32)33-18-34-28(25)36(26)3)20-4-6-22(7-5-20)30(39)37-16-14-31(12-13-31)15-17-37/h4-11,18H,1,12-17H2,2-3H3,(H,35,38)(H2,32,33,34). The van der Waals surface area contributed by atoms with Crippen LogP contribution in [-0.2, 0) is 11.8 Å². The lowest BCUT2D eigenvalue weighted by molar-refractivity contribution is -0.112. The Balaban J connectivity index is 1.36. The van der Waals surface area contributed by atoms with E-state index in [1.165, 1.54) is 19.2 Å². The zero-order chi connectivity index (χ0) is 27.3. The van der Waals surface area contributed by atoms with Gasteiger partial charge < -0.3 is 20.5 Å². The second-order valence-electron chi connectivity index (χ2n) is 10.9. The molecule has 2 fully saturated rings. The van der Waals surface area contributed by atoms with Gasteiger partial charge >= 0.3 is 0 Å². The number of likely N-dealkylation sites (tertiary alicyclic amines) is 1. The van der Waals surface area contributed by atoms with Crippen LogP contribution >= 0.6 is 0 Å². The molecular weight excluding hydrogens is 488 g/mol. The Kier molecular flexibility index (Phi) is 5.98. The first kappa shape index (κ1) is 24.9. The van der Waals surface area contributed by atoms with E-state index in [0.717, 1.165) is 59.3 Å². The summed E-state index contributed by atoms with van der Waals surface area (Å²) in [5.41, 5.74) is 13.1. The molecule has 4 aromatic rings. The number of fused-ring (bicyclic) bond motifs is 1. The number of carbonyl (C=O) groups is 2. The Morgan fingerprint density at radius 1 is 0.949 bits per heavy atom. The zero-order valence-electron chi connectivity index (χ0n) is 22.3. The van der Waals surface area contributed by atoms with Crippen LogP contribution in [0.4, 0.5) is 11.5 Å². The number of benzene rings is 2. The van der Waals surface area contributed by atoms with Crippen molar-refractivity contribution in [3.63, 3.8) is 0 Å². The van der Waals surface area contributed by atoms with Crippen molar-refractivity contribution >= 4 is 34.4 Å². The van der Waals surface area contributed by atoms with Gasteiger partial charge in [-0.2, -0.15) is 0 Å². The van der Waals surface area contributed by atoms with Crippen LogP contribution in [0.2, 0.25) is 0 Å². The average Bonchev–Trinajstić information content (AvgIpc) is 3.63. The fraction of sp³-hybridized carbons (Fsp3) is 0.290. The first-order valence-corrected chi connectivity index (χ1v) is 13.3. The fourth-order valence-corrected chi connectivity index (χ4v) is 5.67. The van der Waals surface area contributed by atoms with E-state index in [4.69, 9.17) is 5.73 Å². The summed E-state index contributed by atoms with van der Waals surface area (Å²) < 4.78 is 2.00. The molecule has 1 aliphatic carbocycles. The number of carbonyl (C=O) groups excluding carboxylic acids is 2. The molecule has 6 rings (SSSR count). The molecule has 8 heteroatoms. The fourth-order valence-electron chi connectivity index (χ4n) is 5.67. The monoisotopic (exact) mass is 520 g/mol. The van der Waals surface area contributed by atoms with E-state index in [2.05, 4.69) is 21.9 Å². The minimum absolute atomic E-state index is 0.0884. The van der Waals surface area contributed by atoms with E-state index in [0.29, 0.717) is 28.1 Å². The van der Waals surface area contributed by atoms with Crippen LogP contribution in [0.25, 0.3) is 33.4 Å². The van der Waals surface area contributed by atoms with Crippen LogP contribution in [0.5, 0.6) is 0 Å². The van der Waals surface area contributed by atoms with Crippen molar-refractivity contribution in [3.05, 3.63) is 72.6 Å². The van der Waals surface area contributed by atoms with Crippen molar-refractivity contribution in [1.29, 1.82) is 0 Å². The summed E-state index contributed by atoms with van der Waals surface area (Å²) in [6, 6.07) is 15.4. The molecule has 1 spiro atoms. The average molecular weight is 521 g/mol. The molecule has 3 N–H and O–H groups in total. The molecule has 198 valence electrons. The third-order valence-corrected chi connectivity index (χ3v) is 8.29. The van der Waals surface area contributed by atoms with Gasteiger partial charge in [0.2, 0.25) is 0 Å². The van der Waals surface area contributed by atoms with Gasteiger partial charge in [0, 0.05) is 42.5 Å². The number of anilines is 2. The molecule has 2 aromatic carbocycles. The van der Waals surface area contributed by atoms with Crippen LogP contribution in [0, 0.1) is 5.41 Å². The van der Waals surface area contributed by atoms with E-state index < -0.39 is 0 Å². The maximum Gasteiger partial charge on any atom is 0.253 e. The summed E-state index contributed by atoms with van der Waals surface area (Å²) in [6.45, 7) is 7.04. The molecule has 2 aromatic heterocycles. The highest BCUT2D eigenvalue weighted by molar-refractivity contribution is 6.08. The van der Waals surface area contributed by atoms with Gasteiger partial charge in [-0.1, -0.05) is 30.8 Å². The molecule has 1 aliphatic heterocycles. The van der Waals surface area contributed by atoms with Gasteiger partial charge in [-0.25, -0.2) is 9.97 Å². The summed E-state index contributed by atoms with van der Waals surface area (Å²) in [7, 11) is 1.95. The van der Waals surface area contributed by atoms with Crippen molar-refractivity contribution in [1.82, 2.24) is 19.4 Å². The van der Waals surface area contributed by atoms with Gasteiger partial charge in [-0.05, 0) is 73.4 Å². The second kappa shape index (κ2) is 9.38. The van der Waals surface area contributed by atoms with Crippen LogP contribution in [0.1, 0.15) is 43.0 Å². The number of piperidine rings is 1. The number of hydrogen-bond donors (Lipinski definition) is 2. The summed E-state index contributed by atoms with van der Waals surface area (Å²) in [5.74, 6) is 0.262. The lowest BCUT2D eigenvalue weighted by Gasteiger charge is -2.32. The number of hydrogen-bond acceptors (Lipinski definition) is 5. The molecule has 8 nitrogen and oxygen atoms in total. The van der Waals surface area contributed by atoms with E-state index in [1.54, 1.807) is 6.92 Å². The molecule has 3 heterocycles. The molecule has 2 aliphatic rings. The largest absolute Gasteiger partial charge is 0.383 e. The smallest absolute Gasteiger partial charge is 0.253 e. The van der Waals surface area contributed by atoms with E-state index in [-0.39, 0.29) is 11.8 Å². The number of nitrogens with two attached hydrogens (primary N) is 1. The van der Waals surface area contributed by atoms with E-state index in [9.17, 15) is 9.59 Å². The second-order valence-corrected chi connectivity index (χ2v) is 10.9. The number of aryl methyl sites for hydroxylation is 1. The predicted molar refractivity (Wildman–Crippen MR) is 154 cm³/mol. The molecule has 0 unspecified atom stereocenters. The highest BCUT2D eigenvalue weighted by atomic mass is 16.2. The number of nitrogens with zero attached hydrogens (tertiary/aromatic N) is 4. The van der Waals surface area contributed by atoms with Crippen LogP contribution < -0.4 is 11.1 Å². The van der Waals surface area contributed by atoms with Crippen LogP contribution in [0.3, 0.4) is 0 Å². The summed E-state index contributed by atoms with van der Waals surface area (Å²) in [4.78, 5) is 36.1. The van der Waals surface area contributed by atoms with E-state index >= 15 is 0 Å². The molecule has 0 radical (unpaired) electrons. The maximum absolute atomic E-state index is 13.2. The van der Waals surface area contributed by atoms with E-state index in [1.807, 2.05) is 65.0 Å². The topological polar surface area (TPSA) is 106 Å². The molecule has 0 atom stereocenters. The lowest BCUT2D eigenvalue weighted by Crippen LogP contribution is -2.39. The van der Waals surface area contributed by atoms with Gasteiger partial charge in [0.1, 0.15) is 17.8 Å². The SMILES string of the molecule is C=C(C)C(=O)Nc1ccc(-c2c(-c3ccc(C(=O)N4CCC5(CC4)CC5)cc3)c3c(N)ncnc3n2C)cc1. The summed E-state index contributed by atoms with van der Waals surface area (Å²) in [6.07, 6.45) is 6.33. The Labute approximate surface area is 227 Å². The number of aromatic nitrogens is 3. The van der Waals surface area contributed by atoms with Gasteiger partial charge in [0.25, 0.3) is 11.8 Å². The predicted octanol–water partition coefficient (Wildman–Crippen LogP) is 5.42. The first-order chi connectivity index (χ1) is 18.8. The van der Waals surface area contributed by atoms with Gasteiger partial charge in [-0.3, -0.25) is 9.59 Å². The van der Waals surface area contributed by atoms with Crippen molar-refractivity contribution in [2.75, 3.05) is 24.1 Å².